The molecule has 52 heavy (non-hydrogen) atoms. The number of carbonyl (C=O) groups excluding carboxylic acids is 5. The van der Waals surface area contributed by atoms with Crippen LogP contribution in [0, 0.1) is 22.7 Å². The van der Waals surface area contributed by atoms with Crippen molar-refractivity contribution in [2.45, 2.75) is 180 Å². The topological polar surface area (TPSA) is 171 Å². The highest BCUT2D eigenvalue weighted by atomic mass is 32.2. The monoisotopic (exact) mass is 749 g/mol. The van der Waals surface area contributed by atoms with Crippen molar-refractivity contribution in [1.29, 1.82) is 0 Å². The van der Waals surface area contributed by atoms with Crippen LogP contribution < -0.4 is 21.3 Å². The largest absolute Gasteiger partial charge is 0.347 e. The highest BCUT2D eigenvalue weighted by molar-refractivity contribution is 7.92. The Kier molecular flexibility index (Phi) is 12.9. The van der Waals surface area contributed by atoms with Crippen LogP contribution in [0.5, 0.6) is 0 Å². The molecular formula is C39H67N5O7S. The molecule has 0 spiro atoms. The van der Waals surface area contributed by atoms with Crippen LogP contribution in [0.4, 0.5) is 4.79 Å². The second-order valence-corrected chi connectivity index (χ2v) is 19.6. The molecule has 5 amide bonds. The third-order valence-corrected chi connectivity index (χ3v) is 15.8. The van der Waals surface area contributed by atoms with E-state index in [4.69, 9.17) is 0 Å². The van der Waals surface area contributed by atoms with Gasteiger partial charge in [0.15, 0.2) is 9.84 Å². The zero-order valence-electron chi connectivity index (χ0n) is 30.5. The average Bonchev–Trinajstić information content (AvgIpc) is 3.85. The molecule has 6 aliphatic rings. The zero-order valence-corrected chi connectivity index (χ0v) is 31.3. The maximum atomic E-state index is 14.9. The Balaban J connectivity index is 0.00000302. The number of carbonyl (C=O) groups is 5. The van der Waals surface area contributed by atoms with E-state index in [1.54, 1.807) is 4.90 Å². The molecule has 2 aliphatic heterocycles. The maximum Gasteiger partial charge on any atom is 0.315 e. The predicted molar refractivity (Wildman–Crippen MR) is 202 cm³/mol. The summed E-state index contributed by atoms with van der Waals surface area (Å²) in [5.74, 6) is -1.99. The highest BCUT2D eigenvalue weighted by Crippen LogP contribution is 2.65. The molecule has 6 fully saturated rings. The van der Waals surface area contributed by atoms with Gasteiger partial charge in [-0.2, -0.15) is 0 Å². The molecule has 0 aromatic rings. The zero-order chi connectivity index (χ0) is 36.1. The highest BCUT2D eigenvalue weighted by Gasteiger charge is 2.70. The molecule has 2 saturated heterocycles. The molecule has 296 valence electrons. The fourth-order valence-electron chi connectivity index (χ4n) is 10.1. The van der Waals surface area contributed by atoms with Crippen LogP contribution in [0.3, 0.4) is 0 Å². The lowest BCUT2D eigenvalue weighted by molar-refractivity contribution is -0.146. The molecule has 6 atom stereocenters. The Labute approximate surface area is 312 Å². The number of likely N-dealkylation sites (tertiary alicyclic amines) is 1. The van der Waals surface area contributed by atoms with Crippen LogP contribution >= 0.6 is 0 Å². The van der Waals surface area contributed by atoms with Gasteiger partial charge in [-0.15, -0.1) is 0 Å². The summed E-state index contributed by atoms with van der Waals surface area (Å²) in [6.07, 6.45) is 11.9. The summed E-state index contributed by atoms with van der Waals surface area (Å²) in [6.45, 7) is 8.48. The van der Waals surface area contributed by atoms with Crippen LogP contribution in [-0.2, 0) is 29.0 Å². The number of amides is 5. The van der Waals surface area contributed by atoms with Crippen molar-refractivity contribution < 1.29 is 32.4 Å². The van der Waals surface area contributed by atoms with Gasteiger partial charge in [0.2, 0.25) is 17.6 Å². The van der Waals surface area contributed by atoms with Crippen LogP contribution in [-0.4, -0.2) is 90.1 Å². The number of hydrogen-bond acceptors (Lipinski definition) is 7. The molecule has 0 bridgehead atoms. The van der Waals surface area contributed by atoms with E-state index >= 15 is 0 Å². The molecule has 4 aliphatic carbocycles. The van der Waals surface area contributed by atoms with Gasteiger partial charge in [0.25, 0.3) is 5.91 Å². The minimum absolute atomic E-state index is 0. The molecule has 2 heterocycles. The fourth-order valence-corrected chi connectivity index (χ4v) is 12.5. The lowest BCUT2D eigenvalue weighted by atomic mass is 9.70. The van der Waals surface area contributed by atoms with Crippen molar-refractivity contribution in [2.24, 2.45) is 22.7 Å². The Morgan fingerprint density at radius 1 is 0.827 bits per heavy atom. The lowest BCUT2D eigenvalue weighted by Crippen LogP contribution is -2.66. The van der Waals surface area contributed by atoms with E-state index in [1.165, 1.54) is 0 Å². The van der Waals surface area contributed by atoms with E-state index in [1.807, 2.05) is 13.8 Å². The molecular weight excluding hydrogens is 683 g/mol. The molecule has 0 unspecified atom stereocenters. The Bertz CT molecular complexity index is 1460. The number of fused-ring (bicyclic) bond motifs is 1. The van der Waals surface area contributed by atoms with E-state index < -0.39 is 67.8 Å². The molecule has 4 N–H and O–H groups in total. The summed E-state index contributed by atoms with van der Waals surface area (Å²) in [7, 11) is -3.35. The van der Waals surface area contributed by atoms with Crippen LogP contribution in [0.1, 0.15) is 145 Å². The summed E-state index contributed by atoms with van der Waals surface area (Å²) in [5.41, 5.74) is -1.61. The lowest BCUT2D eigenvalue weighted by Gasteiger charge is -2.45. The first-order valence-corrected chi connectivity index (χ1v) is 21.1. The first-order chi connectivity index (χ1) is 23.6. The minimum Gasteiger partial charge on any atom is -0.347 e. The summed E-state index contributed by atoms with van der Waals surface area (Å²) in [6, 6.07) is -3.26. The van der Waals surface area contributed by atoms with Crippen LogP contribution in [0.25, 0.3) is 0 Å². The number of sulfone groups is 1. The smallest absolute Gasteiger partial charge is 0.315 e. The van der Waals surface area contributed by atoms with E-state index in [9.17, 15) is 32.4 Å². The van der Waals surface area contributed by atoms with Crippen LogP contribution in [0.2, 0.25) is 0 Å². The quantitative estimate of drug-likeness (QED) is 0.208. The van der Waals surface area contributed by atoms with Crippen molar-refractivity contribution in [3.63, 3.8) is 0 Å². The van der Waals surface area contributed by atoms with E-state index in [0.29, 0.717) is 45.1 Å². The molecule has 0 aromatic heterocycles. The number of piperidine rings is 1. The molecule has 4 saturated carbocycles. The summed E-state index contributed by atoms with van der Waals surface area (Å²) in [4.78, 5) is 70.7. The van der Waals surface area contributed by atoms with E-state index in [2.05, 4.69) is 35.1 Å². The standard InChI is InChI=1S/C37H59N5O7S.2CH4/c1-5-13-25(29(43)32(45)38-23-15-16-23)39-31(44)28-27-24(35(27,2)3)22-42(28)33(46)30(36(4)17-8-6-9-18-36)40-34(47)41-37(19-10-7-11-20-37)26-14-12-21-50(26,48)49;;/h23-28,30H,5-22H2,1-4H3,(H,38,45)(H,39,44)(H2,40,41,47);2*1H4/t24-,25-,26+,27-,28-,30+;;/m0../s1. The first-order valence-electron chi connectivity index (χ1n) is 19.4. The second-order valence-electron chi connectivity index (χ2n) is 17.3. The Morgan fingerprint density at radius 3 is 2.00 bits per heavy atom. The summed E-state index contributed by atoms with van der Waals surface area (Å²) < 4.78 is 26.3. The third-order valence-electron chi connectivity index (χ3n) is 13.4. The van der Waals surface area contributed by atoms with E-state index in [-0.39, 0.29) is 49.8 Å². The Hall–Kier alpha value is -2.70. The van der Waals surface area contributed by atoms with Crippen molar-refractivity contribution in [2.75, 3.05) is 12.3 Å². The number of rotatable bonds is 12. The normalized spacial score (nSPS) is 30.2. The minimum atomic E-state index is -3.35. The molecule has 6 rings (SSSR count). The molecule has 0 aromatic carbocycles. The number of Topliss-reactive ketones (excluding diaryl/α,β-unsaturated/α-hetero) is 1. The number of nitrogens with one attached hydrogen (secondary N) is 4. The van der Waals surface area contributed by atoms with Gasteiger partial charge in [0.1, 0.15) is 12.1 Å². The third kappa shape index (κ3) is 8.19. The SMILES string of the molecule is C.C.CCC[C@H](NC(=O)[C@@H]1[C@@H]2[C@H](CN1C(=O)[C@@H](NC(=O)NC1([C@H]3CCCS3(=O)=O)CCCCC1)C1(C)CCCCC1)C2(C)C)C(=O)C(=O)NC1CC1. The number of urea groups is 1. The van der Waals surface area contributed by atoms with Crippen molar-refractivity contribution in [3.8, 4) is 0 Å². The molecule has 12 nitrogen and oxygen atoms in total. The van der Waals surface area contributed by atoms with Gasteiger partial charge in [0.05, 0.1) is 22.6 Å². The van der Waals surface area contributed by atoms with E-state index in [0.717, 1.165) is 64.2 Å². The second kappa shape index (κ2) is 16.0. The van der Waals surface area contributed by atoms with Crippen molar-refractivity contribution in [1.82, 2.24) is 26.2 Å². The number of ketones is 1. The van der Waals surface area contributed by atoms with Gasteiger partial charge in [-0.3, -0.25) is 19.2 Å². The van der Waals surface area contributed by atoms with Gasteiger partial charge >= 0.3 is 6.03 Å². The van der Waals surface area contributed by atoms with Crippen LogP contribution in [0.15, 0.2) is 0 Å². The van der Waals surface area contributed by atoms with Gasteiger partial charge in [-0.25, -0.2) is 13.2 Å². The fraction of sp³-hybridized carbons (Fsp3) is 0.872. The van der Waals surface area contributed by atoms with Gasteiger partial charge in [-0.05, 0) is 80.5 Å². The van der Waals surface area contributed by atoms with Gasteiger partial charge in [-0.1, -0.05) is 87.5 Å². The first kappa shape index (κ1) is 42.0. The number of hydrogen-bond donors (Lipinski definition) is 4. The Morgan fingerprint density at radius 2 is 1.44 bits per heavy atom. The van der Waals surface area contributed by atoms with Gasteiger partial charge in [0, 0.05) is 12.6 Å². The molecule has 13 heteroatoms. The van der Waals surface area contributed by atoms with Crippen molar-refractivity contribution in [3.05, 3.63) is 0 Å². The maximum absolute atomic E-state index is 14.9. The molecule has 0 radical (unpaired) electrons. The average molecular weight is 750 g/mol. The summed E-state index contributed by atoms with van der Waals surface area (Å²) >= 11 is 0. The van der Waals surface area contributed by atoms with Gasteiger partial charge < -0.3 is 26.2 Å². The predicted octanol–water partition coefficient (Wildman–Crippen LogP) is 4.79. The number of nitrogens with zero attached hydrogens (tertiary/aromatic N) is 1. The summed E-state index contributed by atoms with van der Waals surface area (Å²) in [5, 5.41) is 11.2. The van der Waals surface area contributed by atoms with Crippen molar-refractivity contribution >= 4 is 39.4 Å².